The Hall–Kier alpha value is -2.68. The van der Waals surface area contributed by atoms with Crippen molar-refractivity contribution in [1.29, 1.82) is 5.26 Å². The fourth-order valence-electron chi connectivity index (χ4n) is 2.74. The van der Waals surface area contributed by atoms with Gasteiger partial charge in [-0.05, 0) is 31.9 Å². The molecule has 1 amide bonds. The van der Waals surface area contributed by atoms with Gasteiger partial charge in [-0.2, -0.15) is 5.26 Å². The minimum absolute atomic E-state index is 0.257. The van der Waals surface area contributed by atoms with Gasteiger partial charge in [0.1, 0.15) is 11.8 Å². The van der Waals surface area contributed by atoms with Crippen LogP contribution in [0.4, 0.5) is 0 Å². The van der Waals surface area contributed by atoms with Gasteiger partial charge in [0, 0.05) is 5.56 Å². The molecule has 0 heterocycles. The highest BCUT2D eigenvalue weighted by Crippen LogP contribution is 2.27. The minimum atomic E-state index is -1.00. The maximum absolute atomic E-state index is 12.3. The van der Waals surface area contributed by atoms with E-state index in [2.05, 4.69) is 11.4 Å². The number of hydrogen-bond donors (Lipinski definition) is 1. The van der Waals surface area contributed by atoms with Crippen molar-refractivity contribution in [1.82, 2.24) is 5.32 Å². The van der Waals surface area contributed by atoms with Gasteiger partial charge >= 0.3 is 5.97 Å². The number of hydrogen-bond acceptors (Lipinski definition) is 5. The van der Waals surface area contributed by atoms with Crippen LogP contribution in [0.25, 0.3) is 0 Å². The van der Waals surface area contributed by atoms with Gasteiger partial charge in [-0.25, -0.2) is 4.79 Å². The van der Waals surface area contributed by atoms with Crippen molar-refractivity contribution in [2.75, 3.05) is 0 Å². The molecule has 0 unspecified atom stereocenters. The van der Waals surface area contributed by atoms with Crippen LogP contribution in [0.3, 0.4) is 0 Å². The number of benzene rings is 1. The predicted octanol–water partition coefficient (Wildman–Crippen LogP) is 2.39. The fourth-order valence-corrected chi connectivity index (χ4v) is 2.74. The Bertz CT molecular complexity index is 655. The molecule has 24 heavy (non-hydrogen) atoms. The first kappa shape index (κ1) is 17.7. The summed E-state index contributed by atoms with van der Waals surface area (Å²) in [5.41, 5.74) is -0.153. The molecule has 2 rings (SSSR count). The highest BCUT2D eigenvalue weighted by atomic mass is 16.5. The third-order valence-electron chi connectivity index (χ3n) is 4.22. The van der Waals surface area contributed by atoms with Crippen LogP contribution in [0.2, 0.25) is 0 Å². The molecule has 1 saturated carbocycles. The van der Waals surface area contributed by atoms with Crippen LogP contribution in [-0.4, -0.2) is 29.8 Å². The number of amides is 1. The molecule has 6 heteroatoms. The number of nitrogens with one attached hydrogen (secondary N) is 1. The molecule has 1 atom stereocenters. The van der Waals surface area contributed by atoms with Crippen LogP contribution < -0.4 is 5.32 Å². The maximum Gasteiger partial charge on any atom is 0.338 e. The zero-order chi connectivity index (χ0) is 17.6. The van der Waals surface area contributed by atoms with E-state index in [1.165, 1.54) is 31.2 Å². The molecule has 0 aliphatic heterocycles. The van der Waals surface area contributed by atoms with E-state index in [0.717, 1.165) is 19.3 Å². The van der Waals surface area contributed by atoms with E-state index in [-0.39, 0.29) is 5.56 Å². The number of ether oxygens (including phenoxy) is 1. The summed E-state index contributed by atoms with van der Waals surface area (Å²) in [5, 5.41) is 12.1. The van der Waals surface area contributed by atoms with Crippen molar-refractivity contribution >= 4 is 18.2 Å². The maximum atomic E-state index is 12.3. The molecule has 0 spiro atoms. The summed E-state index contributed by atoms with van der Waals surface area (Å²) in [7, 11) is 0. The Morgan fingerprint density at radius 3 is 2.42 bits per heavy atom. The molecule has 126 valence electrons. The van der Waals surface area contributed by atoms with E-state index in [1.54, 1.807) is 0 Å². The van der Waals surface area contributed by atoms with E-state index < -0.39 is 23.5 Å². The molecular weight excluding hydrogens is 308 g/mol. The standard InChI is InChI=1S/C18H20N2O4/c1-13(16(22)20-18(12-19)9-3-2-4-10-18)24-17(23)15-7-5-14(11-21)6-8-15/h5-8,11,13H,2-4,9-10H2,1H3,(H,20,22)/t13-/m0/s1. The number of rotatable bonds is 5. The van der Waals surface area contributed by atoms with E-state index in [9.17, 15) is 19.6 Å². The van der Waals surface area contributed by atoms with Gasteiger partial charge in [-0.1, -0.05) is 31.4 Å². The lowest BCUT2D eigenvalue weighted by atomic mass is 9.83. The molecule has 1 fully saturated rings. The second kappa shape index (κ2) is 7.73. The van der Waals surface area contributed by atoms with Crippen LogP contribution in [-0.2, 0) is 9.53 Å². The molecule has 1 aromatic rings. The molecular formula is C18H20N2O4. The van der Waals surface area contributed by atoms with Crippen LogP contribution in [0.1, 0.15) is 59.7 Å². The molecule has 1 N–H and O–H groups in total. The highest BCUT2D eigenvalue weighted by molar-refractivity contribution is 5.93. The molecule has 0 saturated heterocycles. The summed E-state index contributed by atoms with van der Waals surface area (Å²) in [6, 6.07) is 8.13. The topological polar surface area (TPSA) is 96.3 Å². The quantitative estimate of drug-likeness (QED) is 0.661. The first-order chi connectivity index (χ1) is 11.5. The van der Waals surface area contributed by atoms with Gasteiger partial charge in [0.05, 0.1) is 11.6 Å². The lowest BCUT2D eigenvalue weighted by Gasteiger charge is -2.32. The molecule has 1 aromatic carbocycles. The fraction of sp³-hybridized carbons (Fsp3) is 0.444. The van der Waals surface area contributed by atoms with E-state index in [0.29, 0.717) is 24.7 Å². The first-order valence-electron chi connectivity index (χ1n) is 7.99. The first-order valence-corrected chi connectivity index (χ1v) is 7.99. The van der Waals surface area contributed by atoms with E-state index in [1.807, 2.05) is 0 Å². The van der Waals surface area contributed by atoms with Crippen molar-refractivity contribution in [2.24, 2.45) is 0 Å². The summed E-state index contributed by atoms with van der Waals surface area (Å²) in [6.45, 7) is 1.47. The Balaban J connectivity index is 1.96. The average Bonchev–Trinajstić information content (AvgIpc) is 2.62. The summed E-state index contributed by atoms with van der Waals surface area (Å²) < 4.78 is 5.15. The summed E-state index contributed by atoms with van der Waals surface area (Å²) in [5.74, 6) is -1.12. The summed E-state index contributed by atoms with van der Waals surface area (Å²) in [6.07, 6.45) is 3.75. The lowest BCUT2D eigenvalue weighted by molar-refractivity contribution is -0.130. The second-order valence-corrected chi connectivity index (χ2v) is 6.03. The predicted molar refractivity (Wildman–Crippen MR) is 86.3 cm³/mol. The van der Waals surface area contributed by atoms with E-state index in [4.69, 9.17) is 4.74 Å². The van der Waals surface area contributed by atoms with E-state index >= 15 is 0 Å². The lowest BCUT2D eigenvalue weighted by Crippen LogP contribution is -2.52. The van der Waals surface area contributed by atoms with Crippen LogP contribution in [0.5, 0.6) is 0 Å². The summed E-state index contributed by atoms with van der Waals surface area (Å²) in [4.78, 5) is 34.9. The molecule has 0 radical (unpaired) electrons. The Morgan fingerprint density at radius 2 is 1.88 bits per heavy atom. The Morgan fingerprint density at radius 1 is 1.25 bits per heavy atom. The number of carbonyl (C=O) groups is 3. The van der Waals surface area contributed by atoms with Gasteiger partial charge in [0.25, 0.3) is 5.91 Å². The molecule has 6 nitrogen and oxygen atoms in total. The number of nitrogens with zero attached hydrogens (tertiary/aromatic N) is 1. The number of nitriles is 1. The zero-order valence-electron chi connectivity index (χ0n) is 13.6. The highest BCUT2D eigenvalue weighted by Gasteiger charge is 2.35. The average molecular weight is 328 g/mol. The third-order valence-corrected chi connectivity index (χ3v) is 4.22. The zero-order valence-corrected chi connectivity index (χ0v) is 13.6. The van der Waals surface area contributed by atoms with Crippen molar-refractivity contribution in [2.45, 2.75) is 50.7 Å². The molecule has 1 aliphatic carbocycles. The van der Waals surface area contributed by atoms with Crippen LogP contribution >= 0.6 is 0 Å². The molecule has 0 bridgehead atoms. The van der Waals surface area contributed by atoms with Gasteiger partial charge in [-0.3, -0.25) is 9.59 Å². The largest absolute Gasteiger partial charge is 0.449 e. The van der Waals surface area contributed by atoms with Gasteiger partial charge < -0.3 is 10.1 Å². The van der Waals surface area contributed by atoms with Crippen LogP contribution in [0, 0.1) is 11.3 Å². The van der Waals surface area contributed by atoms with Gasteiger partial charge in [0.15, 0.2) is 6.10 Å². The number of carbonyl (C=O) groups excluding carboxylic acids is 3. The smallest absolute Gasteiger partial charge is 0.338 e. The monoisotopic (exact) mass is 328 g/mol. The van der Waals surface area contributed by atoms with Crippen molar-refractivity contribution in [3.63, 3.8) is 0 Å². The normalized spacial score (nSPS) is 17.2. The SMILES string of the molecule is C[C@H](OC(=O)c1ccc(C=O)cc1)C(=O)NC1(C#N)CCCCC1. The molecule has 0 aromatic heterocycles. The van der Waals surface area contributed by atoms with Gasteiger partial charge in [-0.15, -0.1) is 0 Å². The van der Waals surface area contributed by atoms with Crippen LogP contribution in [0.15, 0.2) is 24.3 Å². The number of aldehydes is 1. The van der Waals surface area contributed by atoms with Crippen molar-refractivity contribution in [3.8, 4) is 6.07 Å². The Kier molecular flexibility index (Phi) is 5.69. The van der Waals surface area contributed by atoms with Crippen molar-refractivity contribution < 1.29 is 19.1 Å². The minimum Gasteiger partial charge on any atom is -0.449 e. The summed E-state index contributed by atoms with van der Waals surface area (Å²) >= 11 is 0. The third kappa shape index (κ3) is 4.19. The Labute approximate surface area is 140 Å². The van der Waals surface area contributed by atoms with Gasteiger partial charge in [0.2, 0.25) is 0 Å². The number of esters is 1. The second-order valence-electron chi connectivity index (χ2n) is 6.03. The van der Waals surface area contributed by atoms with Crippen molar-refractivity contribution in [3.05, 3.63) is 35.4 Å². The molecule has 1 aliphatic rings.